The molecule has 21 heavy (non-hydrogen) atoms. The fourth-order valence-electron chi connectivity index (χ4n) is 2.15. The Morgan fingerprint density at radius 2 is 2.00 bits per heavy atom. The van der Waals surface area contributed by atoms with E-state index in [1.54, 1.807) is 12.1 Å². The van der Waals surface area contributed by atoms with Crippen LogP contribution < -0.4 is 16.0 Å². The molecule has 0 aliphatic carbocycles. The maximum Gasteiger partial charge on any atom is 0.129 e. The van der Waals surface area contributed by atoms with E-state index in [1.165, 1.54) is 6.07 Å². The lowest BCUT2D eigenvalue weighted by Gasteiger charge is -2.21. The first-order chi connectivity index (χ1) is 10.2. The first-order valence-electron chi connectivity index (χ1n) is 6.80. The molecule has 2 aromatic rings. The SMILES string of the molecule is CCCOc1ccccc1C(NN)c1ccc(Cl)cc1F. The van der Waals surface area contributed by atoms with Crippen LogP contribution in [0.15, 0.2) is 42.5 Å². The summed E-state index contributed by atoms with van der Waals surface area (Å²) in [7, 11) is 0. The van der Waals surface area contributed by atoms with Gasteiger partial charge in [-0.05, 0) is 24.6 Å². The first kappa shape index (κ1) is 15.8. The number of ether oxygens (including phenoxy) is 1. The highest BCUT2D eigenvalue weighted by Crippen LogP contribution is 2.31. The molecule has 3 nitrogen and oxygen atoms in total. The summed E-state index contributed by atoms with van der Waals surface area (Å²) in [5, 5.41) is 0.350. The molecule has 0 aliphatic heterocycles. The van der Waals surface area contributed by atoms with Gasteiger partial charge in [0.05, 0.1) is 12.6 Å². The zero-order chi connectivity index (χ0) is 15.2. The van der Waals surface area contributed by atoms with E-state index in [-0.39, 0.29) is 0 Å². The Kier molecular flexibility index (Phi) is 5.56. The number of halogens is 2. The standard InChI is InChI=1S/C16H18ClFN2O/c1-2-9-21-15-6-4-3-5-13(15)16(20-19)12-8-7-11(17)10-14(12)18/h3-8,10,16,20H,2,9,19H2,1H3. The summed E-state index contributed by atoms with van der Waals surface area (Å²) in [5.74, 6) is 5.92. The summed E-state index contributed by atoms with van der Waals surface area (Å²) in [6.45, 7) is 2.62. The fourth-order valence-corrected chi connectivity index (χ4v) is 2.30. The molecule has 2 rings (SSSR count). The van der Waals surface area contributed by atoms with Gasteiger partial charge in [-0.15, -0.1) is 0 Å². The minimum Gasteiger partial charge on any atom is -0.493 e. The average molecular weight is 309 g/mol. The van der Waals surface area contributed by atoms with Gasteiger partial charge in [0.1, 0.15) is 11.6 Å². The lowest BCUT2D eigenvalue weighted by atomic mass is 9.98. The van der Waals surface area contributed by atoms with E-state index in [1.807, 2.05) is 31.2 Å². The second-order valence-electron chi connectivity index (χ2n) is 4.65. The van der Waals surface area contributed by atoms with Crippen molar-refractivity contribution < 1.29 is 9.13 Å². The van der Waals surface area contributed by atoms with Gasteiger partial charge in [-0.25, -0.2) is 9.82 Å². The Balaban J connectivity index is 2.41. The van der Waals surface area contributed by atoms with Crippen molar-refractivity contribution in [2.75, 3.05) is 6.61 Å². The van der Waals surface area contributed by atoms with E-state index in [4.69, 9.17) is 22.2 Å². The summed E-state index contributed by atoms with van der Waals surface area (Å²) in [5.41, 5.74) is 3.86. The molecule has 3 N–H and O–H groups in total. The third-order valence-electron chi connectivity index (χ3n) is 3.13. The zero-order valence-electron chi connectivity index (χ0n) is 11.8. The summed E-state index contributed by atoms with van der Waals surface area (Å²) >= 11 is 5.79. The zero-order valence-corrected chi connectivity index (χ0v) is 12.5. The van der Waals surface area contributed by atoms with Gasteiger partial charge in [-0.2, -0.15) is 0 Å². The molecule has 1 atom stereocenters. The van der Waals surface area contributed by atoms with E-state index in [0.29, 0.717) is 22.9 Å². The van der Waals surface area contributed by atoms with E-state index in [0.717, 1.165) is 12.0 Å². The molecule has 112 valence electrons. The van der Waals surface area contributed by atoms with Crippen LogP contribution in [0.4, 0.5) is 4.39 Å². The molecule has 0 radical (unpaired) electrons. The molecule has 0 aromatic heterocycles. The van der Waals surface area contributed by atoms with Crippen LogP contribution in [0.3, 0.4) is 0 Å². The van der Waals surface area contributed by atoms with Gasteiger partial charge < -0.3 is 4.74 Å². The van der Waals surface area contributed by atoms with Crippen molar-refractivity contribution in [3.63, 3.8) is 0 Å². The Hall–Kier alpha value is -1.62. The molecule has 0 aliphatic rings. The maximum atomic E-state index is 14.1. The highest BCUT2D eigenvalue weighted by atomic mass is 35.5. The quantitative estimate of drug-likeness (QED) is 0.630. The number of rotatable bonds is 6. The van der Waals surface area contributed by atoms with E-state index < -0.39 is 11.9 Å². The Morgan fingerprint density at radius 3 is 2.67 bits per heavy atom. The first-order valence-corrected chi connectivity index (χ1v) is 7.18. The van der Waals surface area contributed by atoms with Gasteiger partial charge in [-0.1, -0.05) is 42.8 Å². The lowest BCUT2D eigenvalue weighted by molar-refractivity contribution is 0.311. The van der Waals surface area contributed by atoms with Gasteiger partial charge in [0.2, 0.25) is 0 Å². The maximum absolute atomic E-state index is 14.1. The molecule has 0 fully saturated rings. The molecule has 0 amide bonds. The van der Waals surface area contributed by atoms with E-state index in [2.05, 4.69) is 5.43 Å². The highest BCUT2D eigenvalue weighted by molar-refractivity contribution is 6.30. The van der Waals surface area contributed by atoms with Crippen LogP contribution in [-0.4, -0.2) is 6.61 Å². The summed E-state index contributed by atoms with van der Waals surface area (Å²) < 4.78 is 19.8. The molecule has 0 spiro atoms. The Bertz CT molecular complexity index is 607. The predicted molar refractivity (Wildman–Crippen MR) is 82.8 cm³/mol. The van der Waals surface area contributed by atoms with Gasteiger partial charge >= 0.3 is 0 Å². The topological polar surface area (TPSA) is 47.3 Å². The number of hydrogen-bond donors (Lipinski definition) is 2. The highest BCUT2D eigenvalue weighted by Gasteiger charge is 2.20. The van der Waals surface area contributed by atoms with Crippen molar-refractivity contribution in [2.45, 2.75) is 19.4 Å². The second kappa shape index (κ2) is 7.41. The lowest BCUT2D eigenvalue weighted by Crippen LogP contribution is -2.30. The Morgan fingerprint density at radius 1 is 1.24 bits per heavy atom. The van der Waals surface area contributed by atoms with E-state index in [9.17, 15) is 4.39 Å². The summed E-state index contributed by atoms with van der Waals surface area (Å²) in [6.07, 6.45) is 0.893. The van der Waals surface area contributed by atoms with Crippen LogP contribution >= 0.6 is 11.6 Å². The third kappa shape index (κ3) is 3.73. The molecule has 5 heteroatoms. The van der Waals surface area contributed by atoms with Crippen LogP contribution in [0.1, 0.15) is 30.5 Å². The molecular formula is C16H18ClFN2O. The van der Waals surface area contributed by atoms with Crippen molar-refractivity contribution in [3.8, 4) is 5.75 Å². The van der Waals surface area contributed by atoms with Crippen molar-refractivity contribution >= 4 is 11.6 Å². The van der Waals surface area contributed by atoms with Crippen LogP contribution in [0, 0.1) is 5.82 Å². The Labute approximate surface area is 128 Å². The molecule has 0 saturated carbocycles. The number of nitrogens with two attached hydrogens (primary N) is 1. The molecule has 0 heterocycles. The van der Waals surface area contributed by atoms with Gasteiger partial charge in [0.15, 0.2) is 0 Å². The number of nitrogens with one attached hydrogen (secondary N) is 1. The van der Waals surface area contributed by atoms with Crippen LogP contribution in [0.5, 0.6) is 5.75 Å². The van der Waals surface area contributed by atoms with Gasteiger partial charge in [0, 0.05) is 16.1 Å². The smallest absolute Gasteiger partial charge is 0.129 e. The number of benzene rings is 2. The predicted octanol–water partition coefficient (Wildman–Crippen LogP) is 3.82. The molecule has 0 bridgehead atoms. The third-order valence-corrected chi connectivity index (χ3v) is 3.37. The number of para-hydroxylation sites is 1. The van der Waals surface area contributed by atoms with Crippen molar-refractivity contribution in [1.82, 2.24) is 5.43 Å². The van der Waals surface area contributed by atoms with Gasteiger partial charge in [0.25, 0.3) is 0 Å². The monoisotopic (exact) mass is 308 g/mol. The van der Waals surface area contributed by atoms with Crippen molar-refractivity contribution in [3.05, 3.63) is 64.4 Å². The number of hydrazine groups is 1. The van der Waals surface area contributed by atoms with Crippen LogP contribution in [0.25, 0.3) is 0 Å². The fraction of sp³-hybridized carbons (Fsp3) is 0.250. The molecule has 0 saturated heterocycles. The molecular weight excluding hydrogens is 291 g/mol. The van der Waals surface area contributed by atoms with Gasteiger partial charge in [-0.3, -0.25) is 5.84 Å². The molecule has 2 aromatic carbocycles. The molecule has 1 unspecified atom stereocenters. The summed E-state index contributed by atoms with van der Waals surface area (Å²) in [4.78, 5) is 0. The minimum absolute atomic E-state index is 0.350. The normalized spacial score (nSPS) is 12.2. The van der Waals surface area contributed by atoms with Crippen LogP contribution in [0.2, 0.25) is 5.02 Å². The average Bonchev–Trinajstić information content (AvgIpc) is 2.49. The largest absolute Gasteiger partial charge is 0.493 e. The summed E-state index contributed by atoms with van der Waals surface area (Å²) in [6, 6.07) is 11.5. The second-order valence-corrected chi connectivity index (χ2v) is 5.09. The van der Waals surface area contributed by atoms with Crippen molar-refractivity contribution in [1.29, 1.82) is 0 Å². The minimum atomic E-state index is -0.504. The van der Waals surface area contributed by atoms with Crippen molar-refractivity contribution in [2.24, 2.45) is 5.84 Å². The van der Waals surface area contributed by atoms with E-state index >= 15 is 0 Å². The van der Waals surface area contributed by atoms with Crippen LogP contribution in [-0.2, 0) is 0 Å². The number of hydrogen-bond acceptors (Lipinski definition) is 3.